The third-order valence-electron chi connectivity index (χ3n) is 4.43. The zero-order valence-corrected chi connectivity index (χ0v) is 15.6. The van der Waals surface area contributed by atoms with Crippen molar-refractivity contribution in [1.29, 1.82) is 0 Å². The van der Waals surface area contributed by atoms with E-state index in [0.29, 0.717) is 0 Å². The molecule has 2 nitrogen and oxygen atoms in total. The van der Waals surface area contributed by atoms with Crippen molar-refractivity contribution in [2.45, 2.75) is 9.79 Å². The lowest BCUT2D eigenvalue weighted by molar-refractivity contribution is 1.40. The molecule has 4 aromatic carbocycles. The molecule has 0 saturated carbocycles. The minimum absolute atomic E-state index is 0.786. The van der Waals surface area contributed by atoms with E-state index >= 15 is 0 Å². The zero-order valence-electron chi connectivity index (χ0n) is 14.8. The maximum Gasteiger partial charge on any atom is 0.0314 e. The van der Waals surface area contributed by atoms with Gasteiger partial charge in [0.2, 0.25) is 0 Å². The molecule has 0 aliphatic heterocycles. The van der Waals surface area contributed by atoms with E-state index in [2.05, 4.69) is 48.5 Å². The molecule has 4 N–H and O–H groups in total. The first-order valence-corrected chi connectivity index (χ1v) is 9.59. The molecule has 0 radical (unpaired) electrons. The normalized spacial score (nSPS) is 10.7. The Kier molecular flexibility index (Phi) is 4.86. The van der Waals surface area contributed by atoms with Gasteiger partial charge in [-0.05, 0) is 70.8 Å². The van der Waals surface area contributed by atoms with Crippen LogP contribution in [0.1, 0.15) is 0 Å². The molecule has 0 unspecified atom stereocenters. The Morgan fingerprint density at radius 3 is 0.926 bits per heavy atom. The van der Waals surface area contributed by atoms with Crippen LogP contribution in [0.5, 0.6) is 0 Å². The number of hydrogen-bond acceptors (Lipinski definition) is 3. The summed E-state index contributed by atoms with van der Waals surface area (Å²) in [5.41, 5.74) is 17.8. The van der Waals surface area contributed by atoms with Gasteiger partial charge in [-0.2, -0.15) is 0 Å². The van der Waals surface area contributed by atoms with Gasteiger partial charge in [0.15, 0.2) is 0 Å². The molecule has 27 heavy (non-hydrogen) atoms. The highest BCUT2D eigenvalue weighted by molar-refractivity contribution is 7.99. The molecule has 0 heterocycles. The van der Waals surface area contributed by atoms with Crippen LogP contribution in [0.2, 0.25) is 0 Å². The highest BCUT2D eigenvalue weighted by Crippen LogP contribution is 2.31. The van der Waals surface area contributed by atoms with Crippen LogP contribution in [-0.4, -0.2) is 0 Å². The molecule has 4 rings (SSSR count). The van der Waals surface area contributed by atoms with Gasteiger partial charge < -0.3 is 11.5 Å². The van der Waals surface area contributed by atoms with Crippen molar-refractivity contribution < 1.29 is 0 Å². The van der Waals surface area contributed by atoms with E-state index < -0.39 is 0 Å². The van der Waals surface area contributed by atoms with Crippen molar-refractivity contribution in [3.05, 3.63) is 97.1 Å². The van der Waals surface area contributed by atoms with Crippen molar-refractivity contribution in [2.75, 3.05) is 11.5 Å². The summed E-state index contributed by atoms with van der Waals surface area (Å²) in [6, 6.07) is 33.1. The van der Waals surface area contributed by atoms with Crippen molar-refractivity contribution in [3.8, 4) is 22.3 Å². The standard InChI is InChI=1S/C24H20N2S/c25-21-9-1-17(2-10-21)19-5-13-23(14-6-19)27-24-15-7-20(8-16-24)18-3-11-22(26)12-4-18/h1-16H,25-26H2. The molecule has 0 bridgehead atoms. The van der Waals surface area contributed by atoms with E-state index in [4.69, 9.17) is 11.5 Å². The van der Waals surface area contributed by atoms with Gasteiger partial charge in [0.05, 0.1) is 0 Å². The summed E-state index contributed by atoms with van der Waals surface area (Å²) in [7, 11) is 0. The average Bonchev–Trinajstić information content (AvgIpc) is 2.71. The first-order valence-electron chi connectivity index (χ1n) is 8.77. The Morgan fingerprint density at radius 2 is 0.630 bits per heavy atom. The van der Waals surface area contributed by atoms with Gasteiger partial charge in [-0.1, -0.05) is 60.3 Å². The first kappa shape index (κ1) is 17.3. The van der Waals surface area contributed by atoms with Crippen LogP contribution in [0.3, 0.4) is 0 Å². The summed E-state index contributed by atoms with van der Waals surface area (Å²) < 4.78 is 0. The van der Waals surface area contributed by atoms with Gasteiger partial charge in [0, 0.05) is 21.2 Å². The van der Waals surface area contributed by atoms with Gasteiger partial charge in [-0.3, -0.25) is 0 Å². The van der Waals surface area contributed by atoms with Crippen molar-refractivity contribution in [2.24, 2.45) is 0 Å². The van der Waals surface area contributed by atoms with Crippen LogP contribution in [0.25, 0.3) is 22.3 Å². The Labute approximate surface area is 163 Å². The molecule has 0 fully saturated rings. The Hall–Kier alpha value is -3.17. The molecule has 3 heteroatoms. The Bertz CT molecular complexity index is 933. The van der Waals surface area contributed by atoms with Crippen LogP contribution in [0.4, 0.5) is 11.4 Å². The van der Waals surface area contributed by atoms with E-state index in [1.165, 1.54) is 32.0 Å². The monoisotopic (exact) mass is 368 g/mol. The van der Waals surface area contributed by atoms with Gasteiger partial charge in [-0.15, -0.1) is 0 Å². The van der Waals surface area contributed by atoms with Gasteiger partial charge >= 0.3 is 0 Å². The van der Waals surface area contributed by atoms with Crippen molar-refractivity contribution in [3.63, 3.8) is 0 Å². The van der Waals surface area contributed by atoms with Crippen molar-refractivity contribution >= 4 is 23.1 Å². The summed E-state index contributed by atoms with van der Waals surface area (Å²) in [5, 5.41) is 0. The minimum Gasteiger partial charge on any atom is -0.399 e. The molecule has 0 aliphatic rings. The molecular formula is C24H20N2S. The second-order valence-corrected chi connectivity index (χ2v) is 7.54. The lowest BCUT2D eigenvalue weighted by Crippen LogP contribution is -1.84. The van der Waals surface area contributed by atoms with Crippen LogP contribution >= 0.6 is 11.8 Å². The number of rotatable bonds is 4. The molecule has 0 spiro atoms. The molecule has 0 atom stereocenters. The fourth-order valence-electron chi connectivity index (χ4n) is 2.92. The third-order valence-corrected chi connectivity index (χ3v) is 5.45. The maximum atomic E-state index is 5.76. The topological polar surface area (TPSA) is 52.0 Å². The number of nitrogens with two attached hydrogens (primary N) is 2. The molecule has 0 amide bonds. The summed E-state index contributed by atoms with van der Waals surface area (Å²) in [6.45, 7) is 0. The third kappa shape index (κ3) is 4.15. The summed E-state index contributed by atoms with van der Waals surface area (Å²) in [5.74, 6) is 0. The molecule has 0 aromatic heterocycles. The summed E-state index contributed by atoms with van der Waals surface area (Å²) in [4.78, 5) is 2.43. The molecule has 0 aliphatic carbocycles. The Balaban J connectivity index is 1.47. The van der Waals surface area contributed by atoms with Crippen LogP contribution in [-0.2, 0) is 0 Å². The lowest BCUT2D eigenvalue weighted by atomic mass is 10.1. The molecular weight excluding hydrogens is 348 g/mol. The molecule has 132 valence electrons. The van der Waals surface area contributed by atoms with Gasteiger partial charge in [0.25, 0.3) is 0 Å². The highest BCUT2D eigenvalue weighted by atomic mass is 32.2. The lowest BCUT2D eigenvalue weighted by Gasteiger charge is -2.07. The van der Waals surface area contributed by atoms with E-state index in [1.54, 1.807) is 11.8 Å². The second-order valence-electron chi connectivity index (χ2n) is 6.39. The van der Waals surface area contributed by atoms with Crippen LogP contribution in [0.15, 0.2) is 107 Å². The number of anilines is 2. The first-order chi connectivity index (χ1) is 13.2. The smallest absolute Gasteiger partial charge is 0.0314 e. The Morgan fingerprint density at radius 1 is 0.370 bits per heavy atom. The predicted molar refractivity (Wildman–Crippen MR) is 117 cm³/mol. The zero-order chi connectivity index (χ0) is 18.6. The van der Waals surface area contributed by atoms with E-state index in [-0.39, 0.29) is 0 Å². The predicted octanol–water partition coefficient (Wildman–Crippen LogP) is 6.34. The summed E-state index contributed by atoms with van der Waals surface area (Å²) >= 11 is 1.76. The number of nitrogen functional groups attached to an aromatic ring is 2. The highest BCUT2D eigenvalue weighted by Gasteiger charge is 2.02. The fourth-order valence-corrected chi connectivity index (χ4v) is 3.73. The van der Waals surface area contributed by atoms with E-state index in [9.17, 15) is 0 Å². The van der Waals surface area contributed by atoms with E-state index in [0.717, 1.165) is 11.4 Å². The molecule has 0 saturated heterocycles. The largest absolute Gasteiger partial charge is 0.399 e. The SMILES string of the molecule is Nc1ccc(-c2ccc(Sc3ccc(-c4ccc(N)cc4)cc3)cc2)cc1. The second kappa shape index (κ2) is 7.60. The quantitative estimate of drug-likeness (QED) is 0.413. The fraction of sp³-hybridized carbons (Fsp3) is 0. The average molecular weight is 369 g/mol. The van der Waals surface area contributed by atoms with Crippen molar-refractivity contribution in [1.82, 2.24) is 0 Å². The van der Waals surface area contributed by atoms with Gasteiger partial charge in [0.1, 0.15) is 0 Å². The maximum absolute atomic E-state index is 5.76. The number of hydrogen-bond donors (Lipinski definition) is 2. The van der Waals surface area contributed by atoms with Crippen LogP contribution < -0.4 is 11.5 Å². The number of benzene rings is 4. The summed E-state index contributed by atoms with van der Waals surface area (Å²) in [6.07, 6.45) is 0. The van der Waals surface area contributed by atoms with Crippen LogP contribution in [0, 0.1) is 0 Å². The van der Waals surface area contributed by atoms with E-state index in [1.807, 2.05) is 48.5 Å². The molecule has 4 aromatic rings. The van der Waals surface area contributed by atoms with Gasteiger partial charge in [-0.25, -0.2) is 0 Å². The minimum atomic E-state index is 0.786.